The molecule has 1 aliphatic rings. The van der Waals surface area contributed by atoms with Gasteiger partial charge in [-0.1, -0.05) is 49.4 Å². The van der Waals surface area contributed by atoms with Gasteiger partial charge in [-0.25, -0.2) is 0 Å². The van der Waals surface area contributed by atoms with Gasteiger partial charge < -0.3 is 10.1 Å². The Morgan fingerprint density at radius 1 is 1.10 bits per heavy atom. The molecule has 0 heterocycles. The van der Waals surface area contributed by atoms with Crippen LogP contribution < -0.4 is 10.1 Å². The van der Waals surface area contributed by atoms with Crippen LogP contribution in [-0.4, -0.2) is 13.7 Å². The highest BCUT2D eigenvalue weighted by molar-refractivity contribution is 5.33. The van der Waals surface area contributed by atoms with Gasteiger partial charge in [0.2, 0.25) is 0 Å². The van der Waals surface area contributed by atoms with Crippen LogP contribution in [0.25, 0.3) is 0 Å². The van der Waals surface area contributed by atoms with E-state index in [1.54, 1.807) is 7.11 Å². The summed E-state index contributed by atoms with van der Waals surface area (Å²) in [5.74, 6) is 2.31. The minimum absolute atomic E-state index is 0.436. The van der Waals surface area contributed by atoms with E-state index in [1.807, 2.05) is 0 Å². The zero-order valence-electron chi connectivity index (χ0n) is 12.8. The van der Waals surface area contributed by atoms with Crippen LogP contribution in [0.15, 0.2) is 54.6 Å². The molecule has 0 bridgehead atoms. The summed E-state index contributed by atoms with van der Waals surface area (Å²) in [5, 5.41) is 3.66. The van der Waals surface area contributed by atoms with E-state index in [0.29, 0.717) is 17.9 Å². The third-order valence-electron chi connectivity index (χ3n) is 4.39. The zero-order chi connectivity index (χ0) is 14.7. The molecule has 0 saturated heterocycles. The normalized spacial score (nSPS) is 21.8. The highest BCUT2D eigenvalue weighted by Crippen LogP contribution is 2.54. The van der Waals surface area contributed by atoms with E-state index in [0.717, 1.165) is 12.3 Å². The Hall–Kier alpha value is -1.80. The highest BCUT2D eigenvalue weighted by atomic mass is 16.5. The van der Waals surface area contributed by atoms with Crippen LogP contribution >= 0.6 is 0 Å². The van der Waals surface area contributed by atoms with Gasteiger partial charge in [-0.3, -0.25) is 0 Å². The van der Waals surface area contributed by atoms with E-state index in [4.69, 9.17) is 4.74 Å². The van der Waals surface area contributed by atoms with Gasteiger partial charge in [0.15, 0.2) is 0 Å². The molecule has 2 nitrogen and oxygen atoms in total. The molecule has 2 aromatic carbocycles. The van der Waals surface area contributed by atoms with E-state index in [1.165, 1.54) is 17.5 Å². The average Bonchev–Trinajstić information content (AvgIpc) is 3.34. The number of ether oxygens (including phenoxy) is 1. The first kappa shape index (κ1) is 14.2. The van der Waals surface area contributed by atoms with Gasteiger partial charge in [0, 0.05) is 6.04 Å². The van der Waals surface area contributed by atoms with Crippen LogP contribution in [0.5, 0.6) is 5.75 Å². The fraction of sp³-hybridized carbons (Fsp3) is 0.368. The second-order valence-electron chi connectivity index (χ2n) is 5.73. The molecule has 3 rings (SSSR count). The number of hydrogen-bond donors (Lipinski definition) is 1. The molecule has 0 aromatic heterocycles. The molecule has 1 fully saturated rings. The van der Waals surface area contributed by atoms with Crippen LogP contribution in [0.2, 0.25) is 0 Å². The molecular formula is C19H23NO. The summed E-state index contributed by atoms with van der Waals surface area (Å²) in [6.45, 7) is 3.17. The third-order valence-corrected chi connectivity index (χ3v) is 4.39. The Labute approximate surface area is 127 Å². The van der Waals surface area contributed by atoms with Crippen molar-refractivity contribution in [2.24, 2.45) is 5.92 Å². The zero-order valence-corrected chi connectivity index (χ0v) is 12.8. The van der Waals surface area contributed by atoms with Gasteiger partial charge in [0.05, 0.1) is 7.11 Å². The van der Waals surface area contributed by atoms with E-state index >= 15 is 0 Å². The second-order valence-corrected chi connectivity index (χ2v) is 5.73. The fourth-order valence-electron chi connectivity index (χ4n) is 3.21. The standard InChI is InChI=1S/C19H23NO/c1-3-20-19(15-9-11-16(21-2)12-10-15)18-13-17(18)14-7-5-4-6-8-14/h4-12,17-20H,3,13H2,1-2H3. The van der Waals surface area contributed by atoms with Crippen LogP contribution in [0.3, 0.4) is 0 Å². The molecule has 1 saturated carbocycles. The Balaban J connectivity index is 1.76. The molecule has 0 aliphatic heterocycles. The Morgan fingerprint density at radius 3 is 2.43 bits per heavy atom. The van der Waals surface area contributed by atoms with Gasteiger partial charge in [0.25, 0.3) is 0 Å². The Bertz CT molecular complexity index is 564. The van der Waals surface area contributed by atoms with Crippen molar-refractivity contribution < 1.29 is 4.74 Å². The third kappa shape index (κ3) is 3.11. The number of methoxy groups -OCH3 is 1. The molecule has 0 amide bonds. The summed E-state index contributed by atoms with van der Waals surface area (Å²) in [4.78, 5) is 0. The van der Waals surface area contributed by atoms with Crippen molar-refractivity contribution in [2.45, 2.75) is 25.3 Å². The Kier molecular flexibility index (Phi) is 4.26. The van der Waals surface area contributed by atoms with E-state index < -0.39 is 0 Å². The molecule has 21 heavy (non-hydrogen) atoms. The predicted octanol–water partition coefficient (Wildman–Crippen LogP) is 4.15. The Morgan fingerprint density at radius 2 is 1.81 bits per heavy atom. The summed E-state index contributed by atoms with van der Waals surface area (Å²) < 4.78 is 5.26. The van der Waals surface area contributed by atoms with Gasteiger partial charge >= 0.3 is 0 Å². The lowest BCUT2D eigenvalue weighted by molar-refractivity contribution is 0.414. The molecule has 0 spiro atoms. The molecule has 2 heteroatoms. The molecule has 3 unspecified atom stereocenters. The fourth-order valence-corrected chi connectivity index (χ4v) is 3.21. The van der Waals surface area contributed by atoms with Crippen molar-refractivity contribution in [2.75, 3.05) is 13.7 Å². The highest BCUT2D eigenvalue weighted by Gasteiger charge is 2.43. The minimum Gasteiger partial charge on any atom is -0.497 e. The monoisotopic (exact) mass is 281 g/mol. The lowest BCUT2D eigenvalue weighted by Crippen LogP contribution is -2.23. The second kappa shape index (κ2) is 6.31. The largest absolute Gasteiger partial charge is 0.497 e. The first-order valence-electron chi connectivity index (χ1n) is 7.75. The predicted molar refractivity (Wildman–Crippen MR) is 86.7 cm³/mol. The first-order valence-corrected chi connectivity index (χ1v) is 7.75. The number of hydrogen-bond acceptors (Lipinski definition) is 2. The minimum atomic E-state index is 0.436. The maximum Gasteiger partial charge on any atom is 0.118 e. The summed E-state index contributed by atoms with van der Waals surface area (Å²) in [6.07, 6.45) is 1.27. The lowest BCUT2D eigenvalue weighted by Gasteiger charge is -2.19. The smallest absolute Gasteiger partial charge is 0.118 e. The van der Waals surface area contributed by atoms with E-state index in [-0.39, 0.29) is 0 Å². The topological polar surface area (TPSA) is 21.3 Å². The quantitative estimate of drug-likeness (QED) is 0.859. The molecule has 1 aliphatic carbocycles. The van der Waals surface area contributed by atoms with Crippen LogP contribution in [-0.2, 0) is 0 Å². The summed E-state index contributed by atoms with van der Waals surface area (Å²) >= 11 is 0. The van der Waals surface area contributed by atoms with Crippen molar-refractivity contribution in [3.05, 3.63) is 65.7 Å². The van der Waals surface area contributed by atoms with E-state index in [9.17, 15) is 0 Å². The molecule has 3 atom stereocenters. The van der Waals surface area contributed by atoms with Crippen molar-refractivity contribution in [1.82, 2.24) is 5.32 Å². The van der Waals surface area contributed by atoms with Crippen molar-refractivity contribution >= 4 is 0 Å². The summed E-state index contributed by atoms with van der Waals surface area (Å²) in [5.41, 5.74) is 2.83. The van der Waals surface area contributed by atoms with Crippen LogP contribution in [0.4, 0.5) is 0 Å². The van der Waals surface area contributed by atoms with Crippen LogP contribution in [0.1, 0.15) is 36.4 Å². The van der Waals surface area contributed by atoms with Crippen molar-refractivity contribution in [1.29, 1.82) is 0 Å². The van der Waals surface area contributed by atoms with Crippen molar-refractivity contribution in [3.8, 4) is 5.75 Å². The molecule has 2 aromatic rings. The van der Waals surface area contributed by atoms with Gasteiger partial charge in [-0.15, -0.1) is 0 Å². The molecular weight excluding hydrogens is 258 g/mol. The summed E-state index contributed by atoms with van der Waals surface area (Å²) in [7, 11) is 1.71. The maximum atomic E-state index is 5.26. The van der Waals surface area contributed by atoms with Gasteiger partial charge in [-0.05, 0) is 48.1 Å². The number of rotatable bonds is 6. The SMILES string of the molecule is CCNC(c1ccc(OC)cc1)C1CC1c1ccccc1. The first-order chi connectivity index (χ1) is 10.3. The molecule has 1 N–H and O–H groups in total. The average molecular weight is 281 g/mol. The number of nitrogens with one attached hydrogen (secondary N) is 1. The van der Waals surface area contributed by atoms with Gasteiger partial charge in [0.1, 0.15) is 5.75 Å². The lowest BCUT2D eigenvalue weighted by atomic mass is 9.98. The number of benzene rings is 2. The van der Waals surface area contributed by atoms with Crippen molar-refractivity contribution in [3.63, 3.8) is 0 Å². The summed E-state index contributed by atoms with van der Waals surface area (Å²) in [6, 6.07) is 19.8. The van der Waals surface area contributed by atoms with E-state index in [2.05, 4.69) is 66.8 Å². The van der Waals surface area contributed by atoms with Crippen LogP contribution in [0, 0.1) is 5.92 Å². The molecule has 0 radical (unpaired) electrons. The maximum absolute atomic E-state index is 5.26. The molecule has 110 valence electrons. The van der Waals surface area contributed by atoms with Gasteiger partial charge in [-0.2, -0.15) is 0 Å².